The highest BCUT2D eigenvalue weighted by atomic mass is 16.2. The third-order valence-electron chi connectivity index (χ3n) is 3.29. The monoisotopic (exact) mass is 305 g/mol. The number of nitrogens with one attached hydrogen (secondary N) is 2. The lowest BCUT2D eigenvalue weighted by molar-refractivity contribution is 0.0941. The van der Waals surface area contributed by atoms with Crippen molar-refractivity contribution >= 4 is 11.8 Å². The van der Waals surface area contributed by atoms with Crippen LogP contribution in [-0.4, -0.2) is 50.4 Å². The first-order valence-corrected chi connectivity index (χ1v) is 7.85. The number of hydrogen-bond donors (Lipinski definition) is 2. The maximum absolute atomic E-state index is 12.0. The van der Waals surface area contributed by atoms with E-state index in [1.54, 1.807) is 24.3 Å². The lowest BCUT2D eigenvalue weighted by atomic mass is 10.1. The molecule has 0 spiro atoms. The van der Waals surface area contributed by atoms with Gasteiger partial charge in [-0.3, -0.25) is 9.59 Å². The molecule has 0 aliphatic heterocycles. The molecule has 1 rings (SSSR count). The van der Waals surface area contributed by atoms with Crippen LogP contribution >= 0.6 is 0 Å². The minimum atomic E-state index is -0.100. The molecule has 2 N–H and O–H groups in total. The van der Waals surface area contributed by atoms with Crippen LogP contribution in [-0.2, 0) is 0 Å². The van der Waals surface area contributed by atoms with Gasteiger partial charge >= 0.3 is 0 Å². The van der Waals surface area contributed by atoms with E-state index >= 15 is 0 Å². The highest BCUT2D eigenvalue weighted by molar-refractivity contribution is 5.97. The van der Waals surface area contributed by atoms with Gasteiger partial charge in [-0.25, -0.2) is 0 Å². The smallest absolute Gasteiger partial charge is 0.251 e. The number of carbonyl (C=O) groups excluding carboxylic acids is 2. The average molecular weight is 305 g/mol. The maximum Gasteiger partial charge on any atom is 0.251 e. The molecule has 0 aromatic heterocycles. The van der Waals surface area contributed by atoms with E-state index in [0.29, 0.717) is 24.2 Å². The van der Waals surface area contributed by atoms with Crippen LogP contribution < -0.4 is 10.6 Å². The molecular weight excluding hydrogens is 278 g/mol. The van der Waals surface area contributed by atoms with Gasteiger partial charge in [0.05, 0.1) is 0 Å². The van der Waals surface area contributed by atoms with Gasteiger partial charge in [0.2, 0.25) is 0 Å². The quantitative estimate of drug-likeness (QED) is 0.685. The van der Waals surface area contributed by atoms with Crippen LogP contribution in [0.5, 0.6) is 0 Å². The highest BCUT2D eigenvalue weighted by Crippen LogP contribution is 2.05. The molecule has 0 atom stereocenters. The van der Waals surface area contributed by atoms with Gasteiger partial charge in [0, 0.05) is 24.2 Å². The normalized spacial score (nSPS) is 10.5. The zero-order chi connectivity index (χ0) is 16.4. The molecule has 0 heterocycles. The summed E-state index contributed by atoms with van der Waals surface area (Å²) in [5.74, 6) is -0.192. The van der Waals surface area contributed by atoms with E-state index in [4.69, 9.17) is 0 Å². The van der Waals surface area contributed by atoms with Crippen molar-refractivity contribution in [1.29, 1.82) is 0 Å². The van der Waals surface area contributed by atoms with Crippen LogP contribution in [0.1, 0.15) is 46.9 Å². The van der Waals surface area contributed by atoms with Crippen LogP contribution in [0, 0.1) is 0 Å². The fraction of sp³-hybridized carbons (Fsp3) is 0.529. The number of carbonyl (C=O) groups is 2. The summed E-state index contributed by atoms with van der Waals surface area (Å²) in [7, 11) is 4.01. The Balaban J connectivity index is 2.43. The molecule has 0 aliphatic carbocycles. The van der Waals surface area contributed by atoms with E-state index in [-0.39, 0.29) is 11.8 Å². The predicted octanol–water partition coefficient (Wildman–Crippen LogP) is 1.90. The summed E-state index contributed by atoms with van der Waals surface area (Å²) in [4.78, 5) is 25.9. The van der Waals surface area contributed by atoms with Crippen LogP contribution in [0.15, 0.2) is 24.3 Å². The molecule has 1 aromatic rings. The van der Waals surface area contributed by atoms with E-state index in [9.17, 15) is 9.59 Å². The number of amides is 2. The molecule has 0 radical (unpaired) electrons. The Hall–Kier alpha value is -1.88. The predicted molar refractivity (Wildman–Crippen MR) is 89.2 cm³/mol. The minimum Gasteiger partial charge on any atom is -0.352 e. The zero-order valence-corrected chi connectivity index (χ0v) is 13.8. The summed E-state index contributed by atoms with van der Waals surface area (Å²) in [6.07, 6.45) is 2.93. The van der Waals surface area contributed by atoms with Crippen molar-refractivity contribution in [1.82, 2.24) is 15.5 Å². The Labute approximate surface area is 133 Å². The molecule has 5 nitrogen and oxygen atoms in total. The Morgan fingerprint density at radius 3 is 1.77 bits per heavy atom. The second-order valence-electron chi connectivity index (χ2n) is 5.60. The van der Waals surface area contributed by atoms with Gasteiger partial charge in [0.1, 0.15) is 0 Å². The van der Waals surface area contributed by atoms with Crippen LogP contribution in [0.25, 0.3) is 0 Å². The van der Waals surface area contributed by atoms with Gasteiger partial charge in [-0.2, -0.15) is 0 Å². The Kier molecular flexibility index (Phi) is 8.22. The summed E-state index contributed by atoms with van der Waals surface area (Å²) in [6, 6.07) is 6.76. The standard InChI is InChI=1S/C17H27N3O2/c1-4-5-11-18-16(21)14-7-9-15(10-8-14)17(22)19-12-6-13-20(2)3/h7-10H,4-6,11-13H2,1-3H3,(H,18,21)(H,19,22). The van der Waals surface area contributed by atoms with E-state index in [1.807, 2.05) is 14.1 Å². The molecule has 0 bridgehead atoms. The number of rotatable bonds is 9. The van der Waals surface area contributed by atoms with Crippen molar-refractivity contribution in [2.75, 3.05) is 33.7 Å². The summed E-state index contributed by atoms with van der Waals surface area (Å²) in [6.45, 7) is 4.36. The van der Waals surface area contributed by atoms with Gasteiger partial charge in [0.25, 0.3) is 11.8 Å². The van der Waals surface area contributed by atoms with E-state index in [2.05, 4.69) is 22.5 Å². The molecule has 22 heavy (non-hydrogen) atoms. The SMILES string of the molecule is CCCCNC(=O)c1ccc(C(=O)NCCCN(C)C)cc1. The van der Waals surface area contributed by atoms with E-state index in [0.717, 1.165) is 25.8 Å². The Morgan fingerprint density at radius 1 is 0.909 bits per heavy atom. The van der Waals surface area contributed by atoms with E-state index in [1.165, 1.54) is 0 Å². The van der Waals surface area contributed by atoms with Crippen LogP contribution in [0.2, 0.25) is 0 Å². The number of hydrogen-bond acceptors (Lipinski definition) is 3. The molecular formula is C17H27N3O2. The van der Waals surface area contributed by atoms with Crippen molar-refractivity contribution in [3.8, 4) is 0 Å². The van der Waals surface area contributed by atoms with Crippen LogP contribution in [0.3, 0.4) is 0 Å². The summed E-state index contributed by atoms with van der Waals surface area (Å²) < 4.78 is 0. The minimum absolute atomic E-state index is 0.0913. The third kappa shape index (κ3) is 6.72. The molecule has 5 heteroatoms. The highest BCUT2D eigenvalue weighted by Gasteiger charge is 2.08. The fourth-order valence-corrected chi connectivity index (χ4v) is 1.95. The average Bonchev–Trinajstić information content (AvgIpc) is 2.51. The first-order valence-electron chi connectivity index (χ1n) is 7.85. The molecule has 0 saturated heterocycles. The molecule has 0 aliphatic rings. The van der Waals surface area contributed by atoms with Gasteiger partial charge in [0.15, 0.2) is 0 Å². The number of unbranched alkanes of at least 4 members (excludes halogenated alkanes) is 1. The number of benzene rings is 1. The van der Waals surface area contributed by atoms with Crippen molar-refractivity contribution < 1.29 is 9.59 Å². The fourth-order valence-electron chi connectivity index (χ4n) is 1.95. The second-order valence-corrected chi connectivity index (χ2v) is 5.60. The zero-order valence-electron chi connectivity index (χ0n) is 13.8. The van der Waals surface area contributed by atoms with Gasteiger partial charge < -0.3 is 15.5 Å². The molecule has 0 fully saturated rings. The van der Waals surface area contributed by atoms with Gasteiger partial charge in [-0.1, -0.05) is 13.3 Å². The second kappa shape index (κ2) is 9.95. The lowest BCUT2D eigenvalue weighted by Gasteiger charge is -2.10. The van der Waals surface area contributed by atoms with Crippen molar-refractivity contribution in [2.24, 2.45) is 0 Å². The summed E-state index contributed by atoms with van der Waals surface area (Å²) in [5.41, 5.74) is 1.16. The third-order valence-corrected chi connectivity index (χ3v) is 3.29. The Morgan fingerprint density at radius 2 is 1.36 bits per heavy atom. The lowest BCUT2D eigenvalue weighted by Crippen LogP contribution is -2.27. The molecule has 122 valence electrons. The summed E-state index contributed by atoms with van der Waals surface area (Å²) in [5, 5.41) is 5.74. The topological polar surface area (TPSA) is 61.4 Å². The first-order chi connectivity index (χ1) is 10.5. The Bertz CT molecular complexity index is 469. The maximum atomic E-state index is 12.0. The molecule has 0 unspecified atom stereocenters. The van der Waals surface area contributed by atoms with Crippen molar-refractivity contribution in [2.45, 2.75) is 26.2 Å². The van der Waals surface area contributed by atoms with E-state index < -0.39 is 0 Å². The van der Waals surface area contributed by atoms with Crippen LogP contribution in [0.4, 0.5) is 0 Å². The molecule has 1 aromatic carbocycles. The first kappa shape index (κ1) is 18.2. The van der Waals surface area contributed by atoms with Gasteiger partial charge in [-0.05, 0) is 57.7 Å². The molecule has 2 amide bonds. The van der Waals surface area contributed by atoms with Crippen molar-refractivity contribution in [3.63, 3.8) is 0 Å². The molecule has 0 saturated carbocycles. The van der Waals surface area contributed by atoms with Crippen molar-refractivity contribution in [3.05, 3.63) is 35.4 Å². The number of nitrogens with zero attached hydrogens (tertiary/aromatic N) is 1. The summed E-state index contributed by atoms with van der Waals surface area (Å²) >= 11 is 0. The van der Waals surface area contributed by atoms with Gasteiger partial charge in [-0.15, -0.1) is 0 Å². The largest absolute Gasteiger partial charge is 0.352 e.